The van der Waals surface area contributed by atoms with E-state index in [4.69, 9.17) is 5.11 Å². The molecule has 0 saturated heterocycles. The van der Waals surface area contributed by atoms with E-state index in [9.17, 15) is 5.11 Å². The topological polar surface area (TPSA) is 52.5 Å². The normalized spacial score (nSPS) is 20.4. The molecule has 3 N–H and O–H groups in total. The summed E-state index contributed by atoms with van der Waals surface area (Å²) in [5.41, 5.74) is 1.91. The second-order valence-electron chi connectivity index (χ2n) is 3.07. The van der Waals surface area contributed by atoms with Crippen LogP contribution in [0.25, 0.3) is 5.57 Å². The van der Waals surface area contributed by atoms with E-state index in [0.29, 0.717) is 5.75 Å². The first-order valence-electron chi connectivity index (χ1n) is 4.33. The highest BCUT2D eigenvalue weighted by Gasteiger charge is 2.26. The molecule has 74 valence electrons. The highest BCUT2D eigenvalue weighted by atomic mass is 32.2. The van der Waals surface area contributed by atoms with E-state index in [1.165, 1.54) is 0 Å². The van der Waals surface area contributed by atoms with Crippen LogP contribution in [0, 0.1) is 0 Å². The van der Waals surface area contributed by atoms with E-state index < -0.39 is 0 Å². The van der Waals surface area contributed by atoms with Crippen LogP contribution in [0.2, 0.25) is 0 Å². The Morgan fingerprint density at radius 2 is 2.14 bits per heavy atom. The number of hydrogen-bond acceptors (Lipinski definition) is 3. The minimum atomic E-state index is -0.171. The maximum Gasteiger partial charge on any atom is 0.230 e. The fraction of sp³-hybridized carbons (Fsp3) is 0.200. The molecule has 0 aromatic heterocycles. The zero-order chi connectivity index (χ0) is 9.97. The number of phenols is 1. The van der Waals surface area contributed by atoms with Crippen LogP contribution in [0.15, 0.2) is 30.5 Å². The summed E-state index contributed by atoms with van der Waals surface area (Å²) in [4.78, 5) is 0. The van der Waals surface area contributed by atoms with Gasteiger partial charge in [-0.1, -0.05) is 18.2 Å². The van der Waals surface area contributed by atoms with Crippen molar-refractivity contribution in [1.82, 2.24) is 4.72 Å². The van der Waals surface area contributed by atoms with Gasteiger partial charge >= 0.3 is 0 Å². The molecule has 0 radical (unpaired) electrons. The Bertz CT molecular complexity index is 365. The Balaban J connectivity index is 2.22. The van der Waals surface area contributed by atoms with Crippen LogP contribution >= 0.6 is 0 Å². The van der Waals surface area contributed by atoms with Gasteiger partial charge < -0.3 is 10.2 Å². The third kappa shape index (κ3) is 1.71. The lowest BCUT2D eigenvalue weighted by Gasteiger charge is -2.01. The second kappa shape index (κ2) is 3.94. The fourth-order valence-electron chi connectivity index (χ4n) is 1.41. The van der Waals surface area contributed by atoms with Gasteiger partial charge in [-0.25, -0.2) is 4.72 Å². The van der Waals surface area contributed by atoms with E-state index in [1.807, 2.05) is 18.3 Å². The van der Waals surface area contributed by atoms with Gasteiger partial charge in [-0.3, -0.25) is 0 Å². The molecule has 0 bridgehead atoms. The summed E-state index contributed by atoms with van der Waals surface area (Å²) in [5.74, 6) is 1.23. The van der Waals surface area contributed by atoms with E-state index in [0.717, 1.165) is 16.9 Å². The molecule has 3 nitrogen and oxygen atoms in total. The minimum Gasteiger partial charge on any atom is -0.507 e. The molecule has 1 aromatic carbocycles. The highest BCUT2D eigenvalue weighted by molar-refractivity contribution is 7.95. The maximum absolute atomic E-state index is 9.60. The predicted octanol–water partition coefficient (Wildman–Crippen LogP) is 0.819. The van der Waals surface area contributed by atoms with Crippen molar-refractivity contribution in [3.05, 3.63) is 36.0 Å². The maximum atomic E-state index is 9.60. The Morgan fingerprint density at radius 3 is 2.79 bits per heavy atom. The van der Waals surface area contributed by atoms with Crippen molar-refractivity contribution in [2.45, 2.75) is 0 Å². The van der Waals surface area contributed by atoms with Gasteiger partial charge in [0.05, 0.1) is 6.20 Å². The molecule has 1 aromatic rings. The Kier molecular flexibility index (Phi) is 2.65. The number of para-hydroxylation sites is 1. The third-order valence-electron chi connectivity index (χ3n) is 2.14. The lowest BCUT2D eigenvalue weighted by molar-refractivity contribution is 0.372. The lowest BCUT2D eigenvalue weighted by Crippen LogP contribution is -2.19. The molecule has 0 spiro atoms. The van der Waals surface area contributed by atoms with Crippen LogP contribution in [0.1, 0.15) is 5.56 Å². The molecule has 4 heteroatoms. The average molecular weight is 210 g/mol. The quantitative estimate of drug-likeness (QED) is 0.633. The molecule has 1 unspecified atom stereocenters. The molecule has 0 fully saturated rings. The van der Waals surface area contributed by atoms with Crippen molar-refractivity contribution in [2.24, 2.45) is 0 Å². The number of aliphatic hydroxyl groups is 1. The summed E-state index contributed by atoms with van der Waals surface area (Å²) in [6, 6.07) is 7.25. The standard InChI is InChI=1S/C10H11NO2S/c12-7-14-6-8(5-11-14)9-3-1-2-4-10(9)13/h1-5,11-12H,6-7H2/p+1. The van der Waals surface area contributed by atoms with E-state index in [2.05, 4.69) is 4.72 Å². The van der Waals surface area contributed by atoms with Gasteiger partial charge in [-0.2, -0.15) is 0 Å². The molecule has 14 heavy (non-hydrogen) atoms. The number of aromatic hydroxyl groups is 1. The monoisotopic (exact) mass is 210 g/mol. The lowest BCUT2D eigenvalue weighted by atomic mass is 10.1. The summed E-state index contributed by atoms with van der Waals surface area (Å²) in [6.07, 6.45) is 1.87. The molecule has 1 heterocycles. The fourth-order valence-corrected chi connectivity index (χ4v) is 2.58. The van der Waals surface area contributed by atoms with Gasteiger partial charge in [0, 0.05) is 11.1 Å². The summed E-state index contributed by atoms with van der Waals surface area (Å²) in [5, 5.41) is 18.6. The van der Waals surface area contributed by atoms with Gasteiger partial charge in [0.1, 0.15) is 16.8 Å². The minimum absolute atomic E-state index is 0.146. The summed E-state index contributed by atoms with van der Waals surface area (Å²) in [7, 11) is 0. The summed E-state index contributed by atoms with van der Waals surface area (Å²) >= 11 is -0.171. The average Bonchev–Trinajstić information content (AvgIpc) is 2.67. The first-order valence-corrected chi connectivity index (χ1v) is 5.89. The van der Waals surface area contributed by atoms with Crippen molar-refractivity contribution in [3.8, 4) is 5.75 Å². The van der Waals surface area contributed by atoms with Crippen LogP contribution < -0.4 is 4.72 Å². The van der Waals surface area contributed by atoms with Gasteiger partial charge in [-0.05, 0) is 6.07 Å². The van der Waals surface area contributed by atoms with Gasteiger partial charge in [0.2, 0.25) is 5.94 Å². The van der Waals surface area contributed by atoms with Crippen molar-refractivity contribution in [2.75, 3.05) is 11.7 Å². The molecule has 1 aliphatic rings. The van der Waals surface area contributed by atoms with Crippen molar-refractivity contribution >= 4 is 16.7 Å². The molecule has 0 saturated carbocycles. The molecule has 0 amide bonds. The smallest absolute Gasteiger partial charge is 0.230 e. The molecular formula is C10H12NO2S+. The number of benzene rings is 1. The first kappa shape index (κ1) is 9.43. The number of phenolic OH excluding ortho intramolecular Hbond substituents is 1. The molecule has 1 atom stereocenters. The zero-order valence-corrected chi connectivity index (χ0v) is 8.42. The van der Waals surface area contributed by atoms with Crippen LogP contribution in [0.3, 0.4) is 0 Å². The Labute approximate surface area is 85.6 Å². The molecular weight excluding hydrogens is 198 g/mol. The number of hydrogen-bond donors (Lipinski definition) is 3. The van der Waals surface area contributed by atoms with Crippen LogP contribution in [-0.4, -0.2) is 21.9 Å². The molecule has 2 rings (SSSR count). The van der Waals surface area contributed by atoms with Crippen molar-refractivity contribution in [1.29, 1.82) is 0 Å². The Morgan fingerprint density at radius 1 is 1.36 bits per heavy atom. The van der Waals surface area contributed by atoms with Crippen molar-refractivity contribution < 1.29 is 10.2 Å². The van der Waals surface area contributed by atoms with Crippen LogP contribution in [0.5, 0.6) is 5.75 Å². The van der Waals surface area contributed by atoms with Crippen molar-refractivity contribution in [3.63, 3.8) is 0 Å². The zero-order valence-electron chi connectivity index (χ0n) is 7.60. The molecule has 1 aliphatic heterocycles. The van der Waals surface area contributed by atoms with E-state index >= 15 is 0 Å². The van der Waals surface area contributed by atoms with Gasteiger partial charge in [-0.15, -0.1) is 0 Å². The van der Waals surface area contributed by atoms with E-state index in [-0.39, 0.29) is 17.0 Å². The van der Waals surface area contributed by atoms with Gasteiger partial charge in [0.25, 0.3) is 0 Å². The van der Waals surface area contributed by atoms with Gasteiger partial charge in [0.15, 0.2) is 5.75 Å². The summed E-state index contributed by atoms with van der Waals surface area (Å²) in [6.45, 7) is 0. The van der Waals surface area contributed by atoms with Crippen LogP contribution in [0.4, 0.5) is 0 Å². The summed E-state index contributed by atoms with van der Waals surface area (Å²) < 4.78 is 3.09. The largest absolute Gasteiger partial charge is 0.507 e. The molecule has 0 aliphatic carbocycles. The SMILES string of the molecule is OC[S+]1CC(c2ccccc2O)=CN1. The third-order valence-corrected chi connectivity index (χ3v) is 3.56. The second-order valence-corrected chi connectivity index (χ2v) is 4.84. The number of aliphatic hydroxyl groups excluding tert-OH is 1. The van der Waals surface area contributed by atoms with E-state index in [1.54, 1.807) is 12.1 Å². The van der Waals surface area contributed by atoms with Crippen LogP contribution in [-0.2, 0) is 11.1 Å². The number of rotatable bonds is 2. The number of nitrogens with one attached hydrogen (secondary N) is 1. The predicted molar refractivity (Wildman–Crippen MR) is 58.5 cm³/mol. The first-order chi connectivity index (χ1) is 6.81. The highest BCUT2D eigenvalue weighted by Crippen LogP contribution is 2.27. The Hall–Kier alpha value is -1.13.